The molecule has 0 bridgehead atoms. The lowest BCUT2D eigenvalue weighted by Crippen LogP contribution is -2.35. The summed E-state index contributed by atoms with van der Waals surface area (Å²) < 4.78 is 7.75. The first-order chi connectivity index (χ1) is 9.81. The maximum Gasteiger partial charge on any atom is 0.0594 e. The van der Waals surface area contributed by atoms with E-state index in [0.29, 0.717) is 6.54 Å². The molecule has 3 rings (SSSR count). The van der Waals surface area contributed by atoms with Crippen molar-refractivity contribution in [2.75, 3.05) is 26.3 Å². The van der Waals surface area contributed by atoms with Gasteiger partial charge in [-0.05, 0) is 30.2 Å². The second-order valence-corrected chi connectivity index (χ2v) is 5.38. The molecule has 1 aromatic carbocycles. The summed E-state index contributed by atoms with van der Waals surface area (Å²) >= 11 is 0. The summed E-state index contributed by atoms with van der Waals surface area (Å²) in [4.78, 5) is 2.47. The van der Waals surface area contributed by atoms with E-state index in [9.17, 15) is 0 Å². The zero-order valence-corrected chi connectivity index (χ0v) is 12.1. The molecule has 1 aliphatic heterocycles. The van der Waals surface area contributed by atoms with Gasteiger partial charge in [0.15, 0.2) is 0 Å². The highest BCUT2D eigenvalue weighted by molar-refractivity contribution is 5.84. The third-order valence-electron chi connectivity index (χ3n) is 4.10. The zero-order valence-electron chi connectivity index (χ0n) is 12.1. The molecule has 108 valence electrons. The van der Waals surface area contributed by atoms with Crippen molar-refractivity contribution in [3.63, 3.8) is 0 Å². The van der Waals surface area contributed by atoms with E-state index < -0.39 is 0 Å². The van der Waals surface area contributed by atoms with E-state index >= 15 is 0 Å². The fourth-order valence-electron chi connectivity index (χ4n) is 2.93. The van der Waals surface area contributed by atoms with Crippen LogP contribution in [0.5, 0.6) is 0 Å². The molecule has 20 heavy (non-hydrogen) atoms. The van der Waals surface area contributed by atoms with Crippen molar-refractivity contribution in [2.45, 2.75) is 26.6 Å². The fourth-order valence-corrected chi connectivity index (χ4v) is 2.93. The molecule has 1 fully saturated rings. The lowest BCUT2D eigenvalue weighted by Gasteiger charge is -2.26. The maximum absolute atomic E-state index is 5.78. The maximum atomic E-state index is 5.78. The van der Waals surface area contributed by atoms with Gasteiger partial charge >= 0.3 is 0 Å². The van der Waals surface area contributed by atoms with Crippen molar-refractivity contribution in [3.8, 4) is 0 Å². The molecule has 1 saturated heterocycles. The third-order valence-corrected chi connectivity index (χ3v) is 4.10. The van der Waals surface area contributed by atoms with Gasteiger partial charge in [0.25, 0.3) is 0 Å². The molecule has 1 aromatic heterocycles. The highest BCUT2D eigenvalue weighted by Gasteiger charge is 2.14. The van der Waals surface area contributed by atoms with E-state index in [4.69, 9.17) is 10.5 Å². The first kappa shape index (κ1) is 13.6. The average molecular weight is 273 g/mol. The van der Waals surface area contributed by atoms with E-state index in [0.717, 1.165) is 39.4 Å². The first-order valence-electron chi connectivity index (χ1n) is 7.42. The Morgan fingerprint density at radius 1 is 1.25 bits per heavy atom. The van der Waals surface area contributed by atoms with E-state index in [1.807, 2.05) is 0 Å². The fraction of sp³-hybridized carbons (Fsp3) is 0.500. The number of hydrogen-bond donors (Lipinski definition) is 1. The monoisotopic (exact) mass is 273 g/mol. The molecule has 1 aliphatic rings. The number of rotatable bonds is 4. The Labute approximate surface area is 120 Å². The van der Waals surface area contributed by atoms with E-state index in [1.54, 1.807) is 0 Å². The molecule has 4 nitrogen and oxygen atoms in total. The molecule has 0 aliphatic carbocycles. The second-order valence-electron chi connectivity index (χ2n) is 5.38. The number of ether oxygens (including phenoxy) is 1. The molecular formula is C16H23N3O. The van der Waals surface area contributed by atoms with Crippen LogP contribution in [0.25, 0.3) is 10.9 Å². The Hall–Kier alpha value is -1.36. The van der Waals surface area contributed by atoms with Gasteiger partial charge in [-0.3, -0.25) is 4.90 Å². The van der Waals surface area contributed by atoms with Crippen LogP contribution in [0.1, 0.15) is 18.1 Å². The first-order valence-corrected chi connectivity index (χ1v) is 7.42. The topological polar surface area (TPSA) is 43.4 Å². The van der Waals surface area contributed by atoms with Gasteiger partial charge < -0.3 is 15.0 Å². The molecule has 0 spiro atoms. The minimum Gasteiger partial charge on any atom is -0.379 e. The minimum absolute atomic E-state index is 0.601. The molecule has 0 atom stereocenters. The Morgan fingerprint density at radius 3 is 2.75 bits per heavy atom. The summed E-state index contributed by atoms with van der Waals surface area (Å²) in [5.41, 5.74) is 9.70. The van der Waals surface area contributed by atoms with Crippen LogP contribution in [0.4, 0.5) is 0 Å². The summed E-state index contributed by atoms with van der Waals surface area (Å²) in [5.74, 6) is 0. The Morgan fingerprint density at radius 2 is 2.05 bits per heavy atom. The number of benzene rings is 1. The lowest BCUT2D eigenvalue weighted by molar-refractivity contribution is 0.0343. The van der Waals surface area contributed by atoms with Gasteiger partial charge in [0.2, 0.25) is 0 Å². The molecule has 0 saturated carbocycles. The summed E-state index contributed by atoms with van der Waals surface area (Å²) in [7, 11) is 0. The summed E-state index contributed by atoms with van der Waals surface area (Å²) in [6.45, 7) is 8.53. The largest absolute Gasteiger partial charge is 0.379 e. The molecule has 0 amide bonds. The highest BCUT2D eigenvalue weighted by atomic mass is 16.5. The van der Waals surface area contributed by atoms with Crippen molar-refractivity contribution in [2.24, 2.45) is 5.73 Å². The summed E-state index contributed by atoms with van der Waals surface area (Å²) in [6.07, 6.45) is 2.29. The van der Waals surface area contributed by atoms with Crippen LogP contribution in [0.15, 0.2) is 24.4 Å². The van der Waals surface area contributed by atoms with Gasteiger partial charge in [-0.15, -0.1) is 0 Å². The second kappa shape index (κ2) is 5.95. The Bertz CT molecular complexity index is 585. The number of aromatic nitrogens is 1. The third kappa shape index (κ3) is 2.59. The van der Waals surface area contributed by atoms with Gasteiger partial charge in [0.05, 0.1) is 13.2 Å². The molecule has 2 heterocycles. The van der Waals surface area contributed by atoms with Gasteiger partial charge in [-0.2, -0.15) is 0 Å². The van der Waals surface area contributed by atoms with Crippen molar-refractivity contribution < 1.29 is 4.74 Å². The SMILES string of the molecule is CCn1cc(CN2CCOCC2)c2cc(CN)ccc21. The average Bonchev–Trinajstić information content (AvgIpc) is 2.85. The van der Waals surface area contributed by atoms with Crippen LogP contribution in [0.3, 0.4) is 0 Å². The van der Waals surface area contributed by atoms with Gasteiger partial charge in [-0.25, -0.2) is 0 Å². The molecule has 0 unspecified atom stereocenters. The van der Waals surface area contributed by atoms with E-state index in [2.05, 4.69) is 40.8 Å². The summed E-state index contributed by atoms with van der Waals surface area (Å²) in [5, 5.41) is 1.35. The molecule has 0 radical (unpaired) electrons. The van der Waals surface area contributed by atoms with Crippen LogP contribution >= 0.6 is 0 Å². The predicted molar refractivity (Wildman–Crippen MR) is 81.6 cm³/mol. The number of nitrogens with zero attached hydrogens (tertiary/aromatic N) is 2. The van der Waals surface area contributed by atoms with Crippen molar-refractivity contribution in [1.82, 2.24) is 9.47 Å². The molecule has 2 aromatic rings. The number of nitrogens with two attached hydrogens (primary N) is 1. The van der Waals surface area contributed by atoms with Crippen LogP contribution in [-0.4, -0.2) is 35.8 Å². The van der Waals surface area contributed by atoms with E-state index in [1.165, 1.54) is 22.0 Å². The van der Waals surface area contributed by atoms with Crippen molar-refractivity contribution >= 4 is 10.9 Å². The quantitative estimate of drug-likeness (QED) is 0.926. The van der Waals surface area contributed by atoms with Crippen molar-refractivity contribution in [3.05, 3.63) is 35.5 Å². The van der Waals surface area contributed by atoms with Crippen LogP contribution in [-0.2, 0) is 24.4 Å². The molecule has 4 heteroatoms. The van der Waals surface area contributed by atoms with Crippen LogP contribution in [0, 0.1) is 0 Å². The zero-order chi connectivity index (χ0) is 13.9. The van der Waals surface area contributed by atoms with Gasteiger partial charge in [0, 0.05) is 49.8 Å². The molecule has 2 N–H and O–H groups in total. The number of hydrogen-bond acceptors (Lipinski definition) is 3. The highest BCUT2D eigenvalue weighted by Crippen LogP contribution is 2.24. The normalized spacial score (nSPS) is 16.9. The smallest absolute Gasteiger partial charge is 0.0594 e. The molecular weight excluding hydrogens is 250 g/mol. The Balaban J connectivity index is 1.95. The summed E-state index contributed by atoms with van der Waals surface area (Å²) in [6, 6.07) is 6.58. The lowest BCUT2D eigenvalue weighted by atomic mass is 10.1. The number of fused-ring (bicyclic) bond motifs is 1. The van der Waals surface area contributed by atoms with Gasteiger partial charge in [0.1, 0.15) is 0 Å². The number of morpholine rings is 1. The number of aryl methyl sites for hydroxylation is 1. The minimum atomic E-state index is 0.601. The van der Waals surface area contributed by atoms with Crippen LogP contribution in [0.2, 0.25) is 0 Å². The van der Waals surface area contributed by atoms with E-state index in [-0.39, 0.29) is 0 Å². The van der Waals surface area contributed by atoms with Gasteiger partial charge in [-0.1, -0.05) is 6.07 Å². The van der Waals surface area contributed by atoms with Crippen LogP contribution < -0.4 is 5.73 Å². The predicted octanol–water partition coefficient (Wildman–Crippen LogP) is 1.95. The van der Waals surface area contributed by atoms with Crippen molar-refractivity contribution in [1.29, 1.82) is 0 Å². The standard InChI is InChI=1S/C16H23N3O/c1-2-19-12-14(11-18-5-7-20-8-6-18)15-9-13(10-17)3-4-16(15)19/h3-4,9,12H,2,5-8,10-11,17H2,1H3. The Kier molecular flexibility index (Phi) is 4.05.